The number of tetrazole rings is 1. The summed E-state index contributed by atoms with van der Waals surface area (Å²) in [7, 11) is -3.62. The number of aromatic amines is 1. The summed E-state index contributed by atoms with van der Waals surface area (Å²) >= 11 is 0. The van der Waals surface area contributed by atoms with Gasteiger partial charge < -0.3 is 0 Å². The lowest BCUT2D eigenvalue weighted by molar-refractivity contribution is 0.309. The number of H-pyrrole nitrogens is 1. The van der Waals surface area contributed by atoms with E-state index in [1.54, 1.807) is 0 Å². The first kappa shape index (κ1) is 14.1. The van der Waals surface area contributed by atoms with Crippen LogP contribution in [0.15, 0.2) is 29.2 Å². The Hall–Kier alpha value is -1.87. The van der Waals surface area contributed by atoms with Crippen molar-refractivity contribution in [3.8, 4) is 0 Å². The molecular formula is C12H14FN5O2S. The fourth-order valence-corrected chi connectivity index (χ4v) is 3.99. The smallest absolute Gasteiger partial charge is 0.207 e. The first-order valence-electron chi connectivity index (χ1n) is 6.56. The van der Waals surface area contributed by atoms with Crippen LogP contribution in [0.4, 0.5) is 4.39 Å². The van der Waals surface area contributed by atoms with Gasteiger partial charge in [-0.25, -0.2) is 12.8 Å². The summed E-state index contributed by atoms with van der Waals surface area (Å²) in [6.07, 6.45) is 1.54. The number of benzene rings is 1. The van der Waals surface area contributed by atoms with Crippen LogP contribution < -0.4 is 0 Å². The van der Waals surface area contributed by atoms with Crippen molar-refractivity contribution in [2.75, 3.05) is 13.1 Å². The van der Waals surface area contributed by atoms with E-state index >= 15 is 0 Å². The molecule has 7 nitrogen and oxygen atoms in total. The van der Waals surface area contributed by atoms with Crippen LogP contribution in [0.2, 0.25) is 0 Å². The Labute approximate surface area is 121 Å². The zero-order valence-corrected chi connectivity index (χ0v) is 11.9. The van der Waals surface area contributed by atoms with E-state index in [4.69, 9.17) is 0 Å². The number of hydrogen-bond acceptors (Lipinski definition) is 5. The molecule has 0 aliphatic carbocycles. The third kappa shape index (κ3) is 2.79. The minimum absolute atomic E-state index is 0.0762. The summed E-state index contributed by atoms with van der Waals surface area (Å²) in [6.45, 7) is 0.743. The van der Waals surface area contributed by atoms with Gasteiger partial charge in [0.05, 0.1) is 4.90 Å². The average molecular weight is 311 g/mol. The Morgan fingerprint density at radius 3 is 2.71 bits per heavy atom. The molecule has 21 heavy (non-hydrogen) atoms. The van der Waals surface area contributed by atoms with Gasteiger partial charge in [-0.15, -0.1) is 10.2 Å². The minimum Gasteiger partial charge on any atom is -0.207 e. The highest BCUT2D eigenvalue weighted by Crippen LogP contribution is 2.28. The Balaban J connectivity index is 1.83. The number of hydrogen-bond donors (Lipinski definition) is 1. The van der Waals surface area contributed by atoms with Crippen LogP contribution in [0.5, 0.6) is 0 Å². The zero-order valence-electron chi connectivity index (χ0n) is 11.1. The fourth-order valence-electron chi connectivity index (χ4n) is 2.47. The lowest BCUT2D eigenvalue weighted by Crippen LogP contribution is -2.39. The van der Waals surface area contributed by atoms with E-state index < -0.39 is 15.8 Å². The number of nitrogens with zero attached hydrogens (tertiary/aromatic N) is 4. The maximum atomic E-state index is 12.9. The number of rotatable bonds is 3. The standard InChI is InChI=1S/C12H14FN5O2S/c13-10-3-5-11(6-4-10)21(19,20)18-7-1-2-9(8-18)12-14-16-17-15-12/h3-6,9H,1-2,7-8H2,(H,14,15,16,17). The molecule has 1 atom stereocenters. The van der Waals surface area contributed by atoms with Crippen molar-refractivity contribution < 1.29 is 12.8 Å². The summed E-state index contributed by atoms with van der Waals surface area (Å²) in [5.74, 6) is -0.0148. The van der Waals surface area contributed by atoms with Gasteiger partial charge in [0.15, 0.2) is 5.82 Å². The molecule has 9 heteroatoms. The zero-order chi connectivity index (χ0) is 14.9. The van der Waals surface area contributed by atoms with Gasteiger partial charge in [0.1, 0.15) is 5.82 Å². The van der Waals surface area contributed by atoms with Gasteiger partial charge >= 0.3 is 0 Å². The summed E-state index contributed by atoms with van der Waals surface area (Å²) in [6, 6.07) is 4.85. The molecular weight excluding hydrogens is 297 g/mol. The van der Waals surface area contributed by atoms with E-state index in [-0.39, 0.29) is 10.8 Å². The van der Waals surface area contributed by atoms with Crippen molar-refractivity contribution in [3.05, 3.63) is 35.9 Å². The molecule has 0 amide bonds. The van der Waals surface area contributed by atoms with Gasteiger partial charge in [0, 0.05) is 19.0 Å². The lowest BCUT2D eigenvalue weighted by Gasteiger charge is -2.30. The van der Waals surface area contributed by atoms with Gasteiger partial charge in [0.2, 0.25) is 10.0 Å². The molecule has 1 aliphatic heterocycles. The van der Waals surface area contributed by atoms with Gasteiger partial charge in [-0.1, -0.05) is 5.21 Å². The van der Waals surface area contributed by atoms with E-state index in [2.05, 4.69) is 20.6 Å². The number of sulfonamides is 1. The number of halogens is 1. The molecule has 0 saturated carbocycles. The monoisotopic (exact) mass is 311 g/mol. The number of piperidine rings is 1. The molecule has 1 saturated heterocycles. The maximum Gasteiger partial charge on any atom is 0.243 e. The first-order valence-corrected chi connectivity index (χ1v) is 8.00. The highest BCUT2D eigenvalue weighted by atomic mass is 32.2. The predicted octanol–water partition coefficient (Wildman–Crippen LogP) is 0.907. The normalized spacial score (nSPS) is 20.5. The lowest BCUT2D eigenvalue weighted by atomic mass is 9.99. The van der Waals surface area contributed by atoms with Crippen molar-refractivity contribution in [1.82, 2.24) is 24.9 Å². The van der Waals surface area contributed by atoms with Crippen LogP contribution in [0, 0.1) is 5.82 Å². The van der Waals surface area contributed by atoms with Gasteiger partial charge in [-0.2, -0.15) is 9.52 Å². The Morgan fingerprint density at radius 2 is 2.05 bits per heavy atom. The summed E-state index contributed by atoms with van der Waals surface area (Å²) in [5, 5.41) is 13.7. The second-order valence-corrected chi connectivity index (χ2v) is 6.86. The molecule has 0 bridgehead atoms. The molecule has 112 valence electrons. The second-order valence-electron chi connectivity index (χ2n) is 4.93. The molecule has 1 unspecified atom stereocenters. The quantitative estimate of drug-likeness (QED) is 0.909. The van der Waals surface area contributed by atoms with Crippen molar-refractivity contribution in [3.63, 3.8) is 0 Å². The van der Waals surface area contributed by atoms with E-state index in [0.29, 0.717) is 18.9 Å². The Bertz CT molecular complexity index is 702. The number of aromatic nitrogens is 4. The Kier molecular flexibility index (Phi) is 3.68. The third-order valence-corrected chi connectivity index (χ3v) is 5.44. The Morgan fingerprint density at radius 1 is 1.29 bits per heavy atom. The van der Waals surface area contributed by atoms with E-state index in [9.17, 15) is 12.8 Å². The number of nitrogens with one attached hydrogen (secondary N) is 1. The fraction of sp³-hybridized carbons (Fsp3) is 0.417. The summed E-state index contributed by atoms with van der Waals surface area (Å²) < 4.78 is 39.4. The largest absolute Gasteiger partial charge is 0.243 e. The predicted molar refractivity (Wildman–Crippen MR) is 71.3 cm³/mol. The molecule has 0 radical (unpaired) electrons. The van der Waals surface area contributed by atoms with Crippen LogP contribution >= 0.6 is 0 Å². The highest BCUT2D eigenvalue weighted by molar-refractivity contribution is 7.89. The molecule has 3 rings (SSSR count). The van der Waals surface area contributed by atoms with E-state index in [1.165, 1.54) is 16.4 Å². The molecule has 1 fully saturated rings. The second kappa shape index (κ2) is 5.49. The molecule has 1 N–H and O–H groups in total. The van der Waals surface area contributed by atoms with Crippen LogP contribution in [-0.2, 0) is 10.0 Å². The van der Waals surface area contributed by atoms with E-state index in [1.807, 2.05) is 0 Å². The van der Waals surface area contributed by atoms with Crippen molar-refractivity contribution in [1.29, 1.82) is 0 Å². The highest BCUT2D eigenvalue weighted by Gasteiger charge is 2.32. The maximum absolute atomic E-state index is 12.9. The van der Waals surface area contributed by atoms with Crippen LogP contribution in [-0.4, -0.2) is 46.4 Å². The van der Waals surface area contributed by atoms with Gasteiger partial charge in [-0.3, -0.25) is 0 Å². The SMILES string of the molecule is O=S(=O)(c1ccc(F)cc1)N1CCCC(c2nn[nH]n2)C1. The van der Waals surface area contributed by atoms with Crippen molar-refractivity contribution in [2.45, 2.75) is 23.7 Å². The van der Waals surface area contributed by atoms with Crippen molar-refractivity contribution in [2.24, 2.45) is 0 Å². The van der Waals surface area contributed by atoms with Crippen LogP contribution in [0.25, 0.3) is 0 Å². The minimum atomic E-state index is -3.62. The third-order valence-electron chi connectivity index (χ3n) is 3.56. The van der Waals surface area contributed by atoms with Crippen LogP contribution in [0.3, 0.4) is 0 Å². The molecule has 1 aliphatic rings. The molecule has 1 aromatic carbocycles. The molecule has 2 heterocycles. The van der Waals surface area contributed by atoms with Crippen molar-refractivity contribution >= 4 is 10.0 Å². The summed E-state index contributed by atoms with van der Waals surface area (Å²) in [4.78, 5) is 0.0951. The molecule has 1 aromatic heterocycles. The van der Waals surface area contributed by atoms with Crippen LogP contribution in [0.1, 0.15) is 24.6 Å². The van der Waals surface area contributed by atoms with Gasteiger partial charge in [0.25, 0.3) is 0 Å². The van der Waals surface area contributed by atoms with E-state index in [0.717, 1.165) is 25.0 Å². The summed E-state index contributed by atoms with van der Waals surface area (Å²) in [5.41, 5.74) is 0. The average Bonchev–Trinajstić information content (AvgIpc) is 3.02. The first-order chi connectivity index (χ1) is 10.1. The molecule has 2 aromatic rings. The van der Waals surface area contributed by atoms with Gasteiger partial charge in [-0.05, 0) is 37.1 Å². The molecule has 0 spiro atoms. The topological polar surface area (TPSA) is 91.8 Å².